The van der Waals surface area contributed by atoms with E-state index < -0.39 is 12.3 Å². The Morgan fingerprint density at radius 2 is 1.66 bits per heavy atom. The molecule has 4 rings (SSSR count). The second kappa shape index (κ2) is 20.2. The Morgan fingerprint density at radius 1 is 0.940 bits per heavy atom. The number of anilines is 1. The third-order valence-electron chi connectivity index (χ3n) is 7.72. The summed E-state index contributed by atoms with van der Waals surface area (Å²) in [4.78, 5) is 31.6. The average molecular weight is 719 g/mol. The molecule has 1 atom stereocenters. The van der Waals surface area contributed by atoms with Crippen molar-refractivity contribution in [2.45, 2.75) is 78.4 Å². The fourth-order valence-electron chi connectivity index (χ4n) is 5.13. The first-order valence-corrected chi connectivity index (χ1v) is 18.7. The fourth-order valence-corrected chi connectivity index (χ4v) is 7.38. The zero-order valence-electron chi connectivity index (χ0n) is 29.3. The van der Waals surface area contributed by atoms with E-state index in [4.69, 9.17) is 19.2 Å². The minimum atomic E-state index is -0.623. The third kappa shape index (κ3) is 11.8. The van der Waals surface area contributed by atoms with Gasteiger partial charge in [-0.15, -0.1) is 21.6 Å². The SMILES string of the molecule is C=CC(=O)OCCN(CCc1c(N=Nc2ccc(OC(CCCCCCC)OC(=O)CC)cc2)sc2nc(C)sc12)c1ccc(/N=N\C)cc1. The number of benzene rings is 2. The lowest BCUT2D eigenvalue weighted by Gasteiger charge is -2.24. The molecule has 0 saturated carbocycles. The monoisotopic (exact) mass is 718 g/mol. The molecule has 0 spiro atoms. The van der Waals surface area contributed by atoms with Gasteiger partial charge in [-0.25, -0.2) is 9.78 Å². The quantitative estimate of drug-likeness (QED) is 0.0276. The van der Waals surface area contributed by atoms with Gasteiger partial charge in [-0.05, 0) is 68.3 Å². The van der Waals surface area contributed by atoms with Crippen LogP contribution in [-0.2, 0) is 25.5 Å². The van der Waals surface area contributed by atoms with Crippen LogP contribution in [0.5, 0.6) is 5.75 Å². The number of ether oxygens (including phenoxy) is 3. The lowest BCUT2D eigenvalue weighted by atomic mass is 10.1. The van der Waals surface area contributed by atoms with Crippen LogP contribution in [0.25, 0.3) is 9.53 Å². The molecule has 0 aliphatic heterocycles. The highest BCUT2D eigenvalue weighted by Crippen LogP contribution is 2.42. The molecule has 0 aliphatic rings. The van der Waals surface area contributed by atoms with Gasteiger partial charge in [-0.2, -0.15) is 10.2 Å². The molecular weight excluding hydrogens is 673 g/mol. The van der Waals surface area contributed by atoms with Gasteiger partial charge in [0.25, 0.3) is 0 Å². The summed E-state index contributed by atoms with van der Waals surface area (Å²) in [6, 6.07) is 15.1. The highest BCUT2D eigenvalue weighted by Gasteiger charge is 2.19. The molecule has 0 amide bonds. The number of nitrogens with zero attached hydrogens (tertiary/aromatic N) is 6. The number of rotatable bonds is 21. The number of hydrogen-bond donors (Lipinski definition) is 0. The van der Waals surface area contributed by atoms with E-state index in [-0.39, 0.29) is 12.6 Å². The van der Waals surface area contributed by atoms with Crippen LogP contribution in [0.4, 0.5) is 22.1 Å². The van der Waals surface area contributed by atoms with Gasteiger partial charge in [0.1, 0.15) is 22.2 Å². The summed E-state index contributed by atoms with van der Waals surface area (Å²) < 4.78 is 18.0. The van der Waals surface area contributed by atoms with E-state index in [2.05, 4.69) is 38.9 Å². The molecular formula is C37H46N6O5S2. The Balaban J connectivity index is 1.48. The zero-order valence-corrected chi connectivity index (χ0v) is 30.9. The Morgan fingerprint density at radius 3 is 2.36 bits per heavy atom. The van der Waals surface area contributed by atoms with Gasteiger partial charge in [0.2, 0.25) is 6.29 Å². The molecule has 13 heteroatoms. The number of fused-ring (bicyclic) bond motifs is 1. The number of carbonyl (C=O) groups excluding carboxylic acids is 2. The first kappa shape index (κ1) is 38.3. The zero-order chi connectivity index (χ0) is 35.7. The third-order valence-corrected chi connectivity index (χ3v) is 9.89. The molecule has 50 heavy (non-hydrogen) atoms. The van der Waals surface area contributed by atoms with Crippen molar-refractivity contribution < 1.29 is 23.8 Å². The number of esters is 2. The van der Waals surface area contributed by atoms with E-state index in [0.717, 1.165) is 61.8 Å². The van der Waals surface area contributed by atoms with Crippen LogP contribution in [0, 0.1) is 6.92 Å². The van der Waals surface area contributed by atoms with Crippen molar-refractivity contribution in [2.24, 2.45) is 20.5 Å². The first-order valence-electron chi connectivity index (χ1n) is 17.0. The number of unbranched alkanes of at least 4 members (excludes halogenated alkanes) is 4. The highest BCUT2D eigenvalue weighted by molar-refractivity contribution is 7.29. The van der Waals surface area contributed by atoms with Crippen molar-refractivity contribution in [3.8, 4) is 5.75 Å². The van der Waals surface area contributed by atoms with Crippen molar-refractivity contribution in [3.63, 3.8) is 0 Å². The second-order valence-electron chi connectivity index (χ2n) is 11.5. The molecule has 1 unspecified atom stereocenters. The molecule has 0 aliphatic carbocycles. The first-order chi connectivity index (χ1) is 24.3. The number of azo groups is 2. The molecule has 0 N–H and O–H groups in total. The minimum absolute atomic E-state index is 0.215. The number of thiophene rings is 1. The van der Waals surface area contributed by atoms with E-state index in [1.54, 1.807) is 25.3 Å². The smallest absolute Gasteiger partial charge is 0.330 e. The largest absolute Gasteiger partial charge is 0.461 e. The normalized spacial score (nSPS) is 12.1. The van der Waals surface area contributed by atoms with Crippen molar-refractivity contribution >= 4 is 66.2 Å². The summed E-state index contributed by atoms with van der Waals surface area (Å²) in [7, 11) is 1.64. The van der Waals surface area contributed by atoms with Crippen LogP contribution in [0.1, 0.15) is 69.4 Å². The Bertz CT molecular complexity index is 1730. The van der Waals surface area contributed by atoms with Crippen molar-refractivity contribution in [3.05, 3.63) is 71.8 Å². The predicted molar refractivity (Wildman–Crippen MR) is 201 cm³/mol. The fraction of sp³-hybridized carbons (Fsp3) is 0.432. The Hall–Kier alpha value is -4.49. The topological polar surface area (TPSA) is 127 Å². The van der Waals surface area contributed by atoms with E-state index >= 15 is 0 Å². The molecule has 266 valence electrons. The van der Waals surface area contributed by atoms with Crippen LogP contribution in [0.2, 0.25) is 0 Å². The molecule has 4 aromatic rings. The average Bonchev–Trinajstić information content (AvgIpc) is 3.64. The summed E-state index contributed by atoms with van der Waals surface area (Å²) in [5.41, 5.74) is 3.47. The lowest BCUT2D eigenvalue weighted by Crippen LogP contribution is -2.30. The van der Waals surface area contributed by atoms with Crippen LogP contribution >= 0.6 is 22.7 Å². The summed E-state index contributed by atoms with van der Waals surface area (Å²) >= 11 is 3.17. The Kier molecular flexibility index (Phi) is 15.5. The van der Waals surface area contributed by atoms with Crippen LogP contribution in [0.15, 0.2) is 81.6 Å². The van der Waals surface area contributed by atoms with Crippen molar-refractivity contribution in [2.75, 3.05) is 31.6 Å². The van der Waals surface area contributed by atoms with E-state index in [1.165, 1.54) is 24.2 Å². The summed E-state index contributed by atoms with van der Waals surface area (Å²) in [6.45, 7) is 10.8. The molecule has 11 nitrogen and oxygen atoms in total. The number of thiazole rings is 1. The maximum absolute atomic E-state index is 12.0. The van der Waals surface area contributed by atoms with Crippen LogP contribution in [0.3, 0.4) is 0 Å². The van der Waals surface area contributed by atoms with Gasteiger partial charge in [0.05, 0.1) is 27.6 Å². The van der Waals surface area contributed by atoms with Crippen LogP contribution in [-0.4, -0.2) is 50.0 Å². The molecule has 0 saturated heterocycles. The molecule has 2 heterocycles. The Labute approximate surface area is 302 Å². The molecule has 0 radical (unpaired) electrons. The molecule has 2 aromatic heterocycles. The van der Waals surface area contributed by atoms with Gasteiger partial charge in [-0.1, -0.05) is 57.4 Å². The summed E-state index contributed by atoms with van der Waals surface area (Å²) in [6.07, 6.45) is 7.72. The highest BCUT2D eigenvalue weighted by atomic mass is 32.1. The van der Waals surface area contributed by atoms with E-state index in [1.807, 2.05) is 55.5 Å². The molecule has 2 aromatic carbocycles. The van der Waals surface area contributed by atoms with Gasteiger partial charge in [0.15, 0.2) is 0 Å². The number of aryl methyl sites for hydroxylation is 1. The second-order valence-corrected chi connectivity index (χ2v) is 13.6. The lowest BCUT2D eigenvalue weighted by molar-refractivity contribution is -0.164. The van der Waals surface area contributed by atoms with Crippen LogP contribution < -0.4 is 9.64 Å². The number of aromatic nitrogens is 1. The van der Waals surface area contributed by atoms with Gasteiger partial charge >= 0.3 is 11.9 Å². The van der Waals surface area contributed by atoms with Gasteiger partial charge < -0.3 is 19.1 Å². The number of hydrogen-bond acceptors (Lipinski definition) is 13. The van der Waals surface area contributed by atoms with E-state index in [9.17, 15) is 9.59 Å². The minimum Gasteiger partial charge on any atom is -0.461 e. The van der Waals surface area contributed by atoms with E-state index in [0.29, 0.717) is 43.8 Å². The molecule has 0 fully saturated rings. The summed E-state index contributed by atoms with van der Waals surface area (Å²) in [5, 5.41) is 19.0. The van der Waals surface area contributed by atoms with Crippen molar-refractivity contribution in [1.82, 2.24) is 4.98 Å². The maximum atomic E-state index is 12.0. The number of carbonyl (C=O) groups is 2. The van der Waals surface area contributed by atoms with Gasteiger partial charge in [-0.3, -0.25) is 4.79 Å². The molecule has 0 bridgehead atoms. The summed E-state index contributed by atoms with van der Waals surface area (Å²) in [5.74, 6) is -0.127. The maximum Gasteiger partial charge on any atom is 0.330 e. The predicted octanol–water partition coefficient (Wildman–Crippen LogP) is 10.6. The standard InChI is InChI=1S/C37H46N6O5S2/c1-6-9-10-11-12-13-34(48-33(45)8-3)47-30-20-16-28(17-21-30)41-42-36-31(35-37(50-36)39-26(4)49-35)22-23-43(24-25-46-32(44)7-2)29-18-14-27(15-19-29)40-38-5/h7,14-21,34H,2,6,8-13,22-25H2,1,3-5H3/b40-38-,42-41?. The van der Waals surface area contributed by atoms with Crippen molar-refractivity contribution in [1.29, 1.82) is 0 Å². The van der Waals surface area contributed by atoms with Gasteiger partial charge in [0, 0.05) is 43.8 Å².